The molecule has 1 unspecified atom stereocenters. The van der Waals surface area contributed by atoms with Gasteiger partial charge in [-0.15, -0.1) is 0 Å². The summed E-state index contributed by atoms with van der Waals surface area (Å²) >= 11 is 3.56. The van der Waals surface area contributed by atoms with Crippen LogP contribution >= 0.6 is 15.9 Å². The quantitative estimate of drug-likeness (QED) is 0.861. The second kappa shape index (κ2) is 7.18. The Morgan fingerprint density at radius 2 is 2.00 bits per heavy atom. The van der Waals surface area contributed by atoms with Gasteiger partial charge in [-0.25, -0.2) is 4.39 Å². The Balaban J connectivity index is 2.14. The molecule has 114 valence electrons. The van der Waals surface area contributed by atoms with Crippen molar-refractivity contribution < 1.29 is 9.50 Å². The van der Waals surface area contributed by atoms with Crippen molar-refractivity contribution in [3.05, 3.63) is 51.5 Å². The van der Waals surface area contributed by atoms with Crippen LogP contribution in [-0.4, -0.2) is 21.0 Å². The normalized spacial score (nSPS) is 12.6. The van der Waals surface area contributed by atoms with Crippen LogP contribution < -0.4 is 0 Å². The molecule has 0 spiro atoms. The maximum absolute atomic E-state index is 13.6. The second-order valence-electron chi connectivity index (χ2n) is 5.03. The minimum Gasteiger partial charge on any atom is -0.392 e. The number of rotatable bonds is 6. The molecule has 0 aliphatic heterocycles. The van der Waals surface area contributed by atoms with Crippen molar-refractivity contribution in [3.8, 4) is 0 Å². The third-order valence-corrected chi connectivity index (χ3v) is 4.45. The third-order valence-electron chi connectivity index (χ3n) is 3.54. The van der Waals surface area contributed by atoms with Crippen LogP contribution in [-0.2, 0) is 25.8 Å². The summed E-state index contributed by atoms with van der Waals surface area (Å²) in [4.78, 5) is 0. The lowest BCUT2D eigenvalue weighted by Gasteiger charge is -2.13. The Labute approximate surface area is 132 Å². The van der Waals surface area contributed by atoms with Gasteiger partial charge in [0.25, 0.3) is 0 Å². The lowest BCUT2D eigenvalue weighted by atomic mass is 10.0. The molecule has 0 aliphatic carbocycles. The lowest BCUT2D eigenvalue weighted by molar-refractivity contribution is 0.171. The molecule has 5 heteroatoms. The second-order valence-corrected chi connectivity index (χ2v) is 5.82. The van der Waals surface area contributed by atoms with E-state index in [1.165, 1.54) is 6.07 Å². The summed E-state index contributed by atoms with van der Waals surface area (Å²) in [7, 11) is 0. The highest BCUT2D eigenvalue weighted by Crippen LogP contribution is 2.24. The van der Waals surface area contributed by atoms with Gasteiger partial charge in [0, 0.05) is 19.4 Å². The smallest absolute Gasteiger partial charge is 0.126 e. The van der Waals surface area contributed by atoms with Crippen molar-refractivity contribution in [2.24, 2.45) is 0 Å². The van der Waals surface area contributed by atoms with Gasteiger partial charge in [0.05, 0.1) is 22.0 Å². The maximum atomic E-state index is 13.6. The molecule has 0 saturated heterocycles. The monoisotopic (exact) mass is 354 g/mol. The summed E-state index contributed by atoms with van der Waals surface area (Å²) in [5, 5.41) is 14.8. The average molecular weight is 355 g/mol. The number of aliphatic hydroxyl groups excluding tert-OH is 1. The molecule has 0 radical (unpaired) electrons. The SMILES string of the molecule is CCc1nn(CC)c(CC(O)Cc2ccccc2F)c1Br. The zero-order valence-electron chi connectivity index (χ0n) is 12.3. The predicted molar refractivity (Wildman–Crippen MR) is 84.8 cm³/mol. The van der Waals surface area contributed by atoms with Crippen LogP contribution in [0.5, 0.6) is 0 Å². The highest BCUT2D eigenvalue weighted by molar-refractivity contribution is 9.10. The van der Waals surface area contributed by atoms with Gasteiger partial charge in [0.2, 0.25) is 0 Å². The van der Waals surface area contributed by atoms with Gasteiger partial charge in [-0.05, 0) is 40.9 Å². The van der Waals surface area contributed by atoms with Crippen molar-refractivity contribution in [2.45, 2.75) is 45.8 Å². The van der Waals surface area contributed by atoms with Gasteiger partial charge in [0.1, 0.15) is 5.82 Å². The molecule has 2 aromatic rings. The Kier molecular flexibility index (Phi) is 5.53. The van der Waals surface area contributed by atoms with Crippen LogP contribution in [0.15, 0.2) is 28.7 Å². The first kappa shape index (κ1) is 16.2. The molecular formula is C16H20BrFN2O. The largest absolute Gasteiger partial charge is 0.392 e. The van der Waals surface area contributed by atoms with E-state index in [-0.39, 0.29) is 5.82 Å². The number of aliphatic hydroxyl groups is 1. The summed E-state index contributed by atoms with van der Waals surface area (Å²) in [5.74, 6) is -0.270. The third kappa shape index (κ3) is 3.71. The van der Waals surface area contributed by atoms with Crippen molar-refractivity contribution in [1.29, 1.82) is 0 Å². The Hall–Kier alpha value is -1.20. The number of nitrogens with zero attached hydrogens (tertiary/aromatic N) is 2. The average Bonchev–Trinajstić information content (AvgIpc) is 2.77. The van der Waals surface area contributed by atoms with E-state index in [9.17, 15) is 9.50 Å². The number of hydrogen-bond donors (Lipinski definition) is 1. The zero-order chi connectivity index (χ0) is 15.4. The molecule has 21 heavy (non-hydrogen) atoms. The molecule has 0 amide bonds. The van der Waals surface area contributed by atoms with E-state index in [1.807, 2.05) is 18.5 Å². The molecule has 0 saturated carbocycles. The van der Waals surface area contributed by atoms with Gasteiger partial charge in [-0.3, -0.25) is 4.68 Å². The molecule has 0 fully saturated rings. The van der Waals surface area contributed by atoms with Gasteiger partial charge in [0.15, 0.2) is 0 Å². The summed E-state index contributed by atoms with van der Waals surface area (Å²) in [6.45, 7) is 4.82. The number of halogens is 2. The summed E-state index contributed by atoms with van der Waals surface area (Å²) in [5.41, 5.74) is 2.50. The highest BCUT2D eigenvalue weighted by Gasteiger charge is 2.18. The van der Waals surface area contributed by atoms with Gasteiger partial charge < -0.3 is 5.11 Å². The van der Waals surface area contributed by atoms with E-state index >= 15 is 0 Å². The zero-order valence-corrected chi connectivity index (χ0v) is 13.9. The van der Waals surface area contributed by atoms with E-state index in [0.717, 1.165) is 28.8 Å². The summed E-state index contributed by atoms with van der Waals surface area (Å²) in [6, 6.07) is 6.57. The first-order valence-electron chi connectivity index (χ1n) is 7.22. The molecular weight excluding hydrogens is 335 g/mol. The van der Waals surface area contributed by atoms with Crippen LogP contribution in [0.1, 0.15) is 30.8 Å². The molecule has 1 aromatic carbocycles. The first-order chi connectivity index (χ1) is 10.1. The van der Waals surface area contributed by atoms with Gasteiger partial charge >= 0.3 is 0 Å². The first-order valence-corrected chi connectivity index (χ1v) is 8.01. The topological polar surface area (TPSA) is 38.0 Å². The maximum Gasteiger partial charge on any atom is 0.126 e. The standard InChI is InChI=1S/C16H20BrFN2O/c1-3-14-16(17)15(20(4-2)19-14)10-12(21)9-11-7-5-6-8-13(11)18/h5-8,12,21H,3-4,9-10H2,1-2H3. The predicted octanol–water partition coefficient (Wildman–Crippen LogP) is 3.51. The fourth-order valence-corrected chi connectivity index (χ4v) is 3.15. The van der Waals surface area contributed by atoms with Crippen molar-refractivity contribution in [1.82, 2.24) is 9.78 Å². The van der Waals surface area contributed by atoms with Crippen LogP contribution in [0.25, 0.3) is 0 Å². The van der Waals surface area contributed by atoms with E-state index in [4.69, 9.17) is 0 Å². The Morgan fingerprint density at radius 3 is 2.62 bits per heavy atom. The van der Waals surface area contributed by atoms with Gasteiger partial charge in [-0.1, -0.05) is 25.1 Å². The molecule has 2 rings (SSSR count). The molecule has 0 aliphatic rings. The number of benzene rings is 1. The fraction of sp³-hybridized carbons (Fsp3) is 0.438. The summed E-state index contributed by atoms with van der Waals surface area (Å²) in [6.07, 6.45) is 0.958. The van der Waals surface area contributed by atoms with Crippen LogP contribution in [0.3, 0.4) is 0 Å². The lowest BCUT2D eigenvalue weighted by Crippen LogP contribution is -2.18. The van der Waals surface area contributed by atoms with Crippen LogP contribution in [0.2, 0.25) is 0 Å². The molecule has 3 nitrogen and oxygen atoms in total. The van der Waals surface area contributed by atoms with Crippen molar-refractivity contribution >= 4 is 15.9 Å². The highest BCUT2D eigenvalue weighted by atomic mass is 79.9. The minimum atomic E-state index is -0.634. The van der Waals surface area contributed by atoms with E-state index in [2.05, 4.69) is 21.0 Å². The summed E-state index contributed by atoms with van der Waals surface area (Å²) < 4.78 is 16.5. The number of aryl methyl sites for hydroxylation is 2. The minimum absolute atomic E-state index is 0.270. The van der Waals surface area contributed by atoms with Gasteiger partial charge in [-0.2, -0.15) is 5.10 Å². The van der Waals surface area contributed by atoms with Crippen molar-refractivity contribution in [2.75, 3.05) is 0 Å². The molecule has 1 atom stereocenters. The Bertz CT molecular complexity index is 612. The fourth-order valence-electron chi connectivity index (χ4n) is 2.43. The number of hydrogen-bond acceptors (Lipinski definition) is 2. The van der Waals surface area contributed by atoms with Crippen LogP contribution in [0.4, 0.5) is 4.39 Å². The van der Waals surface area contributed by atoms with E-state index in [0.29, 0.717) is 18.4 Å². The van der Waals surface area contributed by atoms with E-state index < -0.39 is 6.10 Å². The molecule has 1 aromatic heterocycles. The van der Waals surface area contributed by atoms with Crippen LogP contribution in [0, 0.1) is 5.82 Å². The number of aromatic nitrogens is 2. The Morgan fingerprint density at radius 1 is 1.29 bits per heavy atom. The van der Waals surface area contributed by atoms with Crippen molar-refractivity contribution in [3.63, 3.8) is 0 Å². The molecule has 1 N–H and O–H groups in total. The molecule has 1 heterocycles. The molecule has 0 bridgehead atoms. The van der Waals surface area contributed by atoms with E-state index in [1.54, 1.807) is 18.2 Å².